The molecule has 0 aliphatic carbocycles. The van der Waals surface area contributed by atoms with Crippen molar-refractivity contribution in [1.82, 2.24) is 29.6 Å². The fraction of sp³-hybridized carbons (Fsp3) is 0.449. The van der Waals surface area contributed by atoms with Gasteiger partial charge in [-0.1, -0.05) is 48.6 Å². The molecule has 3 aliphatic heterocycles. The van der Waals surface area contributed by atoms with Crippen LogP contribution in [0.5, 0.6) is 5.75 Å². The van der Waals surface area contributed by atoms with Gasteiger partial charge in [0.25, 0.3) is 5.91 Å². The van der Waals surface area contributed by atoms with Crippen LogP contribution < -0.4 is 25.6 Å². The van der Waals surface area contributed by atoms with Gasteiger partial charge in [0, 0.05) is 114 Å². The molecular formula is C49H61ClN9O5P. The maximum atomic E-state index is 13.3. The fourth-order valence-corrected chi connectivity index (χ4v) is 10.3. The highest BCUT2D eigenvalue weighted by Crippen LogP contribution is 2.40. The van der Waals surface area contributed by atoms with Gasteiger partial charge in [-0.25, -0.2) is 4.98 Å². The average molecular weight is 923 g/mol. The van der Waals surface area contributed by atoms with E-state index in [1.54, 1.807) is 51.7 Å². The second-order valence-electron chi connectivity index (χ2n) is 17.5. The van der Waals surface area contributed by atoms with Crippen LogP contribution in [-0.4, -0.2) is 140 Å². The number of nitrogens with zero attached hydrogens (tertiary/aromatic N) is 7. The highest BCUT2D eigenvalue weighted by Gasteiger charge is 2.34. The summed E-state index contributed by atoms with van der Waals surface area (Å²) in [5, 5.41) is 7.70. The predicted molar refractivity (Wildman–Crippen MR) is 260 cm³/mol. The third-order valence-electron chi connectivity index (χ3n) is 12.7. The van der Waals surface area contributed by atoms with E-state index in [0.29, 0.717) is 52.8 Å². The number of benzene rings is 3. The van der Waals surface area contributed by atoms with E-state index in [1.807, 2.05) is 36.4 Å². The second-order valence-corrected chi connectivity index (χ2v) is 21.1. The van der Waals surface area contributed by atoms with Crippen molar-refractivity contribution in [2.75, 3.05) is 95.9 Å². The summed E-state index contributed by atoms with van der Waals surface area (Å²) in [7, 11) is 2.48. The van der Waals surface area contributed by atoms with E-state index in [9.17, 15) is 18.9 Å². The van der Waals surface area contributed by atoms with Crippen molar-refractivity contribution in [2.45, 2.75) is 64.1 Å². The van der Waals surface area contributed by atoms with E-state index < -0.39 is 13.2 Å². The topological polar surface area (TPSA) is 144 Å². The number of hydrogen-bond acceptors (Lipinski definition) is 12. The molecule has 1 atom stereocenters. The molecule has 344 valence electrons. The van der Waals surface area contributed by atoms with E-state index in [1.165, 1.54) is 16.2 Å². The van der Waals surface area contributed by atoms with Crippen molar-refractivity contribution in [3.05, 3.63) is 88.1 Å². The summed E-state index contributed by atoms with van der Waals surface area (Å²) in [5.41, 5.74) is 6.09. The van der Waals surface area contributed by atoms with E-state index >= 15 is 0 Å². The van der Waals surface area contributed by atoms with Gasteiger partial charge < -0.3 is 39.4 Å². The molecule has 0 saturated carbocycles. The molecule has 0 radical (unpaired) electrons. The summed E-state index contributed by atoms with van der Waals surface area (Å²) in [4.78, 5) is 57.2. The third kappa shape index (κ3) is 11.3. The van der Waals surface area contributed by atoms with Crippen molar-refractivity contribution in [1.29, 1.82) is 0 Å². The zero-order chi connectivity index (χ0) is 46.3. The minimum Gasteiger partial charge on any atom is -0.494 e. The van der Waals surface area contributed by atoms with Crippen LogP contribution in [-0.2, 0) is 27.1 Å². The number of nitrogens with one attached hydrogen (secondary N) is 2. The van der Waals surface area contributed by atoms with Crippen molar-refractivity contribution < 1.29 is 23.7 Å². The number of aromatic nitrogens is 2. The average Bonchev–Trinajstić information content (AvgIpc) is 3.65. The first-order valence-electron chi connectivity index (χ1n) is 22.5. The Kier molecular flexibility index (Phi) is 15.5. The first-order valence-corrected chi connectivity index (χ1v) is 25.5. The Labute approximate surface area is 388 Å². The van der Waals surface area contributed by atoms with Crippen LogP contribution in [0, 0.1) is 11.8 Å². The number of methoxy groups -OCH3 is 1. The SMILES string of the molecule is CCc1cc(Nc2ncc(Cl)c(Nc3ccccc3P(C)(C)=O)n2)c(OC)cc1N1CCC(N2CCN(CCC#Cc3cccc4c3CN(C(C=O)CCC(=O)N(C)C)C4=O)CC2)CC1. The van der Waals surface area contributed by atoms with Gasteiger partial charge in [0.2, 0.25) is 11.9 Å². The third-order valence-corrected chi connectivity index (χ3v) is 14.5. The van der Waals surface area contributed by atoms with Crippen molar-refractivity contribution in [3.63, 3.8) is 0 Å². The number of para-hydroxylation sites is 1. The van der Waals surface area contributed by atoms with Crippen LogP contribution in [0.1, 0.15) is 66.1 Å². The lowest BCUT2D eigenvalue weighted by atomic mass is 9.99. The molecule has 2 N–H and O–H groups in total. The van der Waals surface area contributed by atoms with Crippen LogP contribution in [0.3, 0.4) is 0 Å². The number of amides is 2. The van der Waals surface area contributed by atoms with Crippen LogP contribution in [0.4, 0.5) is 28.8 Å². The number of ether oxygens (including phenoxy) is 1. The number of fused-ring (bicyclic) bond motifs is 1. The Morgan fingerprint density at radius 3 is 2.48 bits per heavy atom. The van der Waals surface area contributed by atoms with Gasteiger partial charge in [-0.15, -0.1) is 0 Å². The van der Waals surface area contributed by atoms with Crippen LogP contribution in [0.25, 0.3) is 0 Å². The fourth-order valence-electron chi connectivity index (χ4n) is 9.00. The molecule has 2 amide bonds. The first kappa shape index (κ1) is 47.5. The summed E-state index contributed by atoms with van der Waals surface area (Å²) in [6.07, 6.45) is 6.56. The van der Waals surface area contributed by atoms with Gasteiger partial charge >= 0.3 is 0 Å². The molecule has 16 heteroatoms. The number of aryl methyl sites for hydroxylation is 1. The molecule has 1 aromatic heterocycles. The molecule has 3 aliphatic rings. The molecule has 14 nitrogen and oxygen atoms in total. The quantitative estimate of drug-likeness (QED) is 0.0689. The van der Waals surface area contributed by atoms with E-state index in [2.05, 4.69) is 66.2 Å². The summed E-state index contributed by atoms with van der Waals surface area (Å²) in [6, 6.07) is 17.2. The molecule has 7 rings (SSSR count). The smallest absolute Gasteiger partial charge is 0.255 e. The Morgan fingerprint density at radius 2 is 1.78 bits per heavy atom. The van der Waals surface area contributed by atoms with Crippen LogP contribution in [0.15, 0.2) is 60.8 Å². The molecule has 3 aromatic carbocycles. The predicted octanol–water partition coefficient (Wildman–Crippen LogP) is 6.86. The molecule has 1 unspecified atom stereocenters. The number of halogens is 1. The van der Waals surface area contributed by atoms with Gasteiger partial charge in [0.05, 0.1) is 30.7 Å². The maximum Gasteiger partial charge on any atom is 0.255 e. The molecule has 4 aromatic rings. The number of anilines is 5. The molecule has 2 saturated heterocycles. The Balaban J connectivity index is 0.898. The van der Waals surface area contributed by atoms with Crippen LogP contribution in [0.2, 0.25) is 5.02 Å². The molecule has 2 fully saturated rings. The number of hydrogen-bond donors (Lipinski definition) is 2. The molecule has 0 bridgehead atoms. The largest absolute Gasteiger partial charge is 0.494 e. The first-order chi connectivity index (χ1) is 31.3. The monoisotopic (exact) mass is 921 g/mol. The molecular weight excluding hydrogens is 861 g/mol. The van der Waals surface area contributed by atoms with E-state index in [4.69, 9.17) is 16.3 Å². The van der Waals surface area contributed by atoms with Crippen molar-refractivity contribution in [2.24, 2.45) is 0 Å². The number of piperazine rings is 1. The number of carbonyl (C=O) groups is 3. The summed E-state index contributed by atoms with van der Waals surface area (Å²) in [5.74, 6) is 7.88. The minimum atomic E-state index is -2.56. The molecule has 0 spiro atoms. The lowest BCUT2D eigenvalue weighted by Gasteiger charge is -2.43. The number of rotatable bonds is 16. The number of carbonyl (C=O) groups excluding carboxylic acids is 3. The normalized spacial score (nSPS) is 16.4. The zero-order valence-corrected chi connectivity index (χ0v) is 40.1. The van der Waals surface area contributed by atoms with Gasteiger partial charge in [0.1, 0.15) is 24.2 Å². The number of aldehydes is 1. The summed E-state index contributed by atoms with van der Waals surface area (Å²) >= 11 is 6.54. The van der Waals surface area contributed by atoms with E-state index in [-0.39, 0.29) is 18.2 Å². The van der Waals surface area contributed by atoms with E-state index in [0.717, 1.165) is 99.9 Å². The zero-order valence-electron chi connectivity index (χ0n) is 38.4. The van der Waals surface area contributed by atoms with Crippen molar-refractivity contribution >= 4 is 71.0 Å². The maximum absolute atomic E-state index is 13.3. The lowest BCUT2D eigenvalue weighted by Crippen LogP contribution is -2.53. The standard InChI is InChI=1S/C49H61ClN9O5P/c1-7-34-29-42(53-49-51-31-40(50)47(54-49)52-41-16-8-9-17-45(41)65(5,6)63)44(64-4)30-43(34)58-23-20-36(21-24-58)57-27-25-56(26-28-57)22-11-10-13-35-14-12-15-38-39(35)32-59(48(38)62)37(33-60)18-19-46(61)55(2)3/h8-9,12,14-17,29-31,33,36-37H,7,11,18-28,32H2,1-6H3,(H2,51,52,53,54). The number of piperidine rings is 1. The minimum absolute atomic E-state index is 0.0698. The summed E-state index contributed by atoms with van der Waals surface area (Å²) < 4.78 is 18.9. The van der Waals surface area contributed by atoms with Crippen LogP contribution >= 0.6 is 18.7 Å². The Hall–Kier alpha value is -5.45. The lowest BCUT2D eigenvalue weighted by molar-refractivity contribution is -0.129. The highest BCUT2D eigenvalue weighted by molar-refractivity contribution is 7.70. The Morgan fingerprint density at radius 1 is 1.03 bits per heavy atom. The molecule has 65 heavy (non-hydrogen) atoms. The van der Waals surface area contributed by atoms with Gasteiger partial charge in [-0.2, -0.15) is 4.98 Å². The van der Waals surface area contributed by atoms with Gasteiger partial charge in [-0.3, -0.25) is 19.4 Å². The van der Waals surface area contributed by atoms with Gasteiger partial charge in [0.15, 0.2) is 5.82 Å². The van der Waals surface area contributed by atoms with Crippen molar-refractivity contribution in [3.8, 4) is 17.6 Å². The Bertz CT molecular complexity index is 2490. The second kappa shape index (κ2) is 21.2. The summed E-state index contributed by atoms with van der Waals surface area (Å²) in [6.45, 7) is 12.8. The van der Waals surface area contributed by atoms with Gasteiger partial charge in [-0.05, 0) is 80.5 Å². The molecule has 4 heterocycles. The highest BCUT2D eigenvalue weighted by atomic mass is 35.5.